The van der Waals surface area contributed by atoms with Crippen molar-refractivity contribution in [3.05, 3.63) is 83.7 Å². The molecule has 0 aliphatic carbocycles. The maximum atomic E-state index is 13.0. The van der Waals surface area contributed by atoms with Crippen LogP contribution >= 0.6 is 0 Å². The maximum Gasteiger partial charge on any atom is 0.222 e. The maximum absolute atomic E-state index is 13.0. The lowest BCUT2D eigenvalue weighted by molar-refractivity contribution is 0.284. The first-order chi connectivity index (χ1) is 14.2. The molecule has 0 atom stereocenters. The minimum atomic E-state index is -0.272. The molecule has 0 bridgehead atoms. The molecule has 3 aromatic carbocycles. The number of fused-ring (bicyclic) bond motifs is 1. The number of nitrogens with zero attached hydrogens (tertiary/aromatic N) is 2. The van der Waals surface area contributed by atoms with E-state index in [9.17, 15) is 4.39 Å². The number of para-hydroxylation sites is 2. The van der Waals surface area contributed by atoms with Crippen LogP contribution in [0.25, 0.3) is 11.0 Å². The van der Waals surface area contributed by atoms with E-state index < -0.39 is 0 Å². The van der Waals surface area contributed by atoms with Gasteiger partial charge in [-0.15, -0.1) is 0 Å². The van der Waals surface area contributed by atoms with Crippen molar-refractivity contribution in [3.63, 3.8) is 0 Å². The van der Waals surface area contributed by atoms with Crippen LogP contribution in [0.4, 0.5) is 10.3 Å². The number of halogens is 1. The summed E-state index contributed by atoms with van der Waals surface area (Å²) in [4.78, 5) is 7.55. The number of H-pyrrole nitrogens is 1. The van der Waals surface area contributed by atoms with E-state index in [1.165, 1.54) is 12.1 Å². The van der Waals surface area contributed by atoms with Crippen molar-refractivity contribution in [2.75, 3.05) is 12.5 Å². The fourth-order valence-corrected chi connectivity index (χ4v) is 2.80. The van der Waals surface area contributed by atoms with Crippen molar-refractivity contribution in [2.24, 2.45) is 5.10 Å². The van der Waals surface area contributed by atoms with Gasteiger partial charge in [0.2, 0.25) is 5.95 Å². The van der Waals surface area contributed by atoms with Gasteiger partial charge in [-0.1, -0.05) is 24.3 Å². The van der Waals surface area contributed by atoms with E-state index in [0.29, 0.717) is 24.1 Å². The largest absolute Gasteiger partial charge is 0.493 e. The molecule has 0 aliphatic heterocycles. The van der Waals surface area contributed by atoms with Gasteiger partial charge in [-0.05, 0) is 53.6 Å². The van der Waals surface area contributed by atoms with E-state index in [4.69, 9.17) is 9.47 Å². The smallest absolute Gasteiger partial charge is 0.222 e. The standard InChI is InChI=1S/C22H19FN4O2/c1-28-21-12-16(8-11-20(21)29-14-15-6-9-17(23)10-7-15)13-24-27-22-25-18-4-2-3-5-19(18)26-22/h2-13H,14H2,1H3,(H2,25,26,27). The Bertz CT molecular complexity index is 1110. The molecule has 0 saturated heterocycles. The van der Waals surface area contributed by atoms with Crippen LogP contribution in [-0.2, 0) is 6.61 Å². The van der Waals surface area contributed by atoms with E-state index >= 15 is 0 Å². The topological polar surface area (TPSA) is 71.5 Å². The van der Waals surface area contributed by atoms with E-state index in [1.54, 1.807) is 25.5 Å². The molecular formula is C22H19FN4O2. The Kier molecular flexibility index (Phi) is 5.38. The van der Waals surface area contributed by atoms with Crippen molar-refractivity contribution < 1.29 is 13.9 Å². The highest BCUT2D eigenvalue weighted by Gasteiger charge is 2.06. The van der Waals surface area contributed by atoms with Gasteiger partial charge in [0.25, 0.3) is 0 Å². The van der Waals surface area contributed by atoms with Crippen LogP contribution in [0.5, 0.6) is 11.5 Å². The Balaban J connectivity index is 1.41. The number of hydrazone groups is 1. The fourth-order valence-electron chi connectivity index (χ4n) is 2.80. The molecule has 6 nitrogen and oxygen atoms in total. The van der Waals surface area contributed by atoms with Crippen LogP contribution in [0.1, 0.15) is 11.1 Å². The van der Waals surface area contributed by atoms with Crippen molar-refractivity contribution in [1.29, 1.82) is 0 Å². The number of aromatic nitrogens is 2. The van der Waals surface area contributed by atoms with Crippen LogP contribution in [0, 0.1) is 5.82 Å². The molecule has 1 heterocycles. The van der Waals surface area contributed by atoms with Crippen LogP contribution in [0.2, 0.25) is 0 Å². The Labute approximate surface area is 167 Å². The first-order valence-corrected chi connectivity index (χ1v) is 9.00. The van der Waals surface area contributed by atoms with Crippen LogP contribution in [0.15, 0.2) is 71.8 Å². The number of nitrogens with one attached hydrogen (secondary N) is 2. The van der Waals surface area contributed by atoms with Crippen LogP contribution in [0.3, 0.4) is 0 Å². The van der Waals surface area contributed by atoms with Gasteiger partial charge in [0, 0.05) is 0 Å². The van der Waals surface area contributed by atoms with E-state index in [2.05, 4.69) is 20.5 Å². The monoisotopic (exact) mass is 390 g/mol. The molecular weight excluding hydrogens is 371 g/mol. The zero-order valence-corrected chi connectivity index (χ0v) is 15.7. The number of ether oxygens (including phenoxy) is 2. The third kappa shape index (κ3) is 4.52. The van der Waals surface area contributed by atoms with E-state index in [1.807, 2.05) is 42.5 Å². The third-order valence-corrected chi connectivity index (χ3v) is 4.27. The van der Waals surface area contributed by atoms with E-state index in [0.717, 1.165) is 22.2 Å². The Hall–Kier alpha value is -3.87. The second-order valence-electron chi connectivity index (χ2n) is 6.30. The number of aromatic amines is 1. The van der Waals surface area contributed by atoms with Crippen molar-refractivity contribution >= 4 is 23.2 Å². The number of hydrogen-bond donors (Lipinski definition) is 2. The Morgan fingerprint density at radius 1 is 1.07 bits per heavy atom. The molecule has 0 amide bonds. The predicted octanol–water partition coefficient (Wildman–Crippen LogP) is 4.74. The first kappa shape index (κ1) is 18.5. The molecule has 0 saturated carbocycles. The minimum absolute atomic E-state index is 0.272. The summed E-state index contributed by atoms with van der Waals surface area (Å²) in [6.07, 6.45) is 1.67. The molecule has 0 unspecified atom stereocenters. The predicted molar refractivity (Wildman–Crippen MR) is 111 cm³/mol. The van der Waals surface area contributed by atoms with Crippen molar-refractivity contribution in [3.8, 4) is 11.5 Å². The molecule has 1 aromatic heterocycles. The summed E-state index contributed by atoms with van der Waals surface area (Å²) in [6.45, 7) is 0.317. The van der Waals surface area contributed by atoms with Gasteiger partial charge in [-0.25, -0.2) is 14.8 Å². The van der Waals surface area contributed by atoms with Crippen molar-refractivity contribution in [1.82, 2.24) is 9.97 Å². The lowest BCUT2D eigenvalue weighted by Crippen LogP contribution is -1.99. The summed E-state index contributed by atoms with van der Waals surface area (Å²) >= 11 is 0. The SMILES string of the molecule is COc1cc(C=NNc2nc3ccccc3[nH]2)ccc1OCc1ccc(F)cc1. The highest BCUT2D eigenvalue weighted by Crippen LogP contribution is 2.28. The normalized spacial score (nSPS) is 11.1. The summed E-state index contributed by atoms with van der Waals surface area (Å²) in [6, 6.07) is 19.4. The molecule has 0 radical (unpaired) electrons. The second-order valence-corrected chi connectivity index (χ2v) is 6.30. The zero-order valence-electron chi connectivity index (χ0n) is 15.7. The van der Waals surface area contributed by atoms with Gasteiger partial charge >= 0.3 is 0 Å². The number of imidazole rings is 1. The van der Waals surface area contributed by atoms with Crippen LogP contribution in [-0.4, -0.2) is 23.3 Å². The van der Waals surface area contributed by atoms with Gasteiger partial charge < -0.3 is 14.5 Å². The summed E-state index contributed by atoms with van der Waals surface area (Å²) in [7, 11) is 1.58. The van der Waals surface area contributed by atoms with E-state index in [-0.39, 0.29) is 5.82 Å². The van der Waals surface area contributed by atoms with Gasteiger partial charge in [0.05, 0.1) is 24.4 Å². The third-order valence-electron chi connectivity index (χ3n) is 4.27. The molecule has 2 N–H and O–H groups in total. The zero-order chi connectivity index (χ0) is 20.1. The molecule has 146 valence electrons. The summed E-state index contributed by atoms with van der Waals surface area (Å²) < 4.78 is 24.2. The Morgan fingerprint density at radius 2 is 1.90 bits per heavy atom. The molecule has 0 aliphatic rings. The fraction of sp³-hybridized carbons (Fsp3) is 0.0909. The lowest BCUT2D eigenvalue weighted by atomic mass is 10.2. The molecule has 4 rings (SSSR count). The highest BCUT2D eigenvalue weighted by molar-refractivity contribution is 5.82. The highest BCUT2D eigenvalue weighted by atomic mass is 19.1. The molecule has 0 spiro atoms. The molecule has 0 fully saturated rings. The average molecular weight is 390 g/mol. The Morgan fingerprint density at radius 3 is 2.69 bits per heavy atom. The first-order valence-electron chi connectivity index (χ1n) is 9.00. The molecule has 4 aromatic rings. The summed E-state index contributed by atoms with van der Waals surface area (Å²) in [5.74, 6) is 1.47. The number of methoxy groups -OCH3 is 1. The van der Waals surface area contributed by atoms with Gasteiger partial charge in [0.1, 0.15) is 12.4 Å². The van der Waals surface area contributed by atoms with Gasteiger partial charge in [-0.3, -0.25) is 0 Å². The summed E-state index contributed by atoms with van der Waals surface area (Å²) in [5.41, 5.74) is 6.40. The molecule has 29 heavy (non-hydrogen) atoms. The average Bonchev–Trinajstić information content (AvgIpc) is 3.16. The lowest BCUT2D eigenvalue weighted by Gasteiger charge is -2.11. The number of rotatable bonds is 7. The number of anilines is 1. The minimum Gasteiger partial charge on any atom is -0.493 e. The van der Waals surface area contributed by atoms with Crippen molar-refractivity contribution in [2.45, 2.75) is 6.61 Å². The molecule has 7 heteroatoms. The van der Waals surface area contributed by atoms with Gasteiger partial charge in [-0.2, -0.15) is 5.10 Å². The quantitative estimate of drug-likeness (QED) is 0.353. The summed E-state index contributed by atoms with van der Waals surface area (Å²) in [5, 5.41) is 4.21. The number of benzene rings is 3. The van der Waals surface area contributed by atoms with Gasteiger partial charge in [0.15, 0.2) is 11.5 Å². The number of hydrogen-bond acceptors (Lipinski definition) is 5. The second kappa shape index (κ2) is 8.43. The van der Waals surface area contributed by atoms with Crippen LogP contribution < -0.4 is 14.9 Å².